The molecule has 0 radical (unpaired) electrons. The van der Waals surface area contributed by atoms with Gasteiger partial charge in [0.2, 0.25) is 0 Å². The molecule has 5 nitrogen and oxygen atoms in total. The van der Waals surface area contributed by atoms with E-state index in [0.29, 0.717) is 6.54 Å². The number of aliphatic hydroxyl groups is 1. The molecule has 0 spiro atoms. The molecule has 2 rings (SSSR count). The van der Waals surface area contributed by atoms with Crippen LogP contribution in [0.5, 0.6) is 0 Å². The predicted octanol–water partition coefficient (Wildman–Crippen LogP) is 1.09. The summed E-state index contributed by atoms with van der Waals surface area (Å²) in [7, 11) is 0. The van der Waals surface area contributed by atoms with Crippen molar-refractivity contribution in [1.82, 2.24) is 20.0 Å². The smallest absolute Gasteiger partial charge is 0.0640 e. The molecule has 0 saturated carbocycles. The van der Waals surface area contributed by atoms with Crippen LogP contribution in [0.25, 0.3) is 0 Å². The molecule has 0 aliphatic carbocycles. The van der Waals surface area contributed by atoms with Gasteiger partial charge in [0.05, 0.1) is 19.3 Å². The molecule has 1 saturated heterocycles. The predicted molar refractivity (Wildman–Crippen MR) is 80.5 cm³/mol. The highest BCUT2D eigenvalue weighted by molar-refractivity contribution is 5.03. The van der Waals surface area contributed by atoms with Gasteiger partial charge >= 0.3 is 0 Å². The second kappa shape index (κ2) is 8.39. The number of hydrogen-bond acceptors (Lipinski definition) is 4. The molecule has 1 aromatic rings. The van der Waals surface area contributed by atoms with E-state index in [0.717, 1.165) is 19.0 Å². The summed E-state index contributed by atoms with van der Waals surface area (Å²) in [5, 5.41) is 16.5. The Labute approximate surface area is 122 Å². The van der Waals surface area contributed by atoms with E-state index < -0.39 is 0 Å². The topological polar surface area (TPSA) is 53.3 Å². The van der Waals surface area contributed by atoms with Crippen molar-refractivity contribution in [3.63, 3.8) is 0 Å². The van der Waals surface area contributed by atoms with Crippen LogP contribution >= 0.6 is 0 Å². The van der Waals surface area contributed by atoms with Gasteiger partial charge in [-0.3, -0.25) is 4.68 Å². The lowest BCUT2D eigenvalue weighted by Crippen LogP contribution is -2.34. The summed E-state index contributed by atoms with van der Waals surface area (Å²) in [6, 6.07) is 0. The SMILES string of the molecule is CC1CCN(CCCNCc2cnn(CCO)c2)CC1. The maximum Gasteiger partial charge on any atom is 0.0640 e. The van der Waals surface area contributed by atoms with Crippen LogP contribution in [-0.2, 0) is 13.1 Å². The summed E-state index contributed by atoms with van der Waals surface area (Å²) < 4.78 is 1.78. The minimum atomic E-state index is 0.142. The molecule has 2 heterocycles. The van der Waals surface area contributed by atoms with Gasteiger partial charge in [0.25, 0.3) is 0 Å². The Bertz CT molecular complexity index is 372. The molecule has 0 amide bonds. The van der Waals surface area contributed by atoms with Gasteiger partial charge in [0, 0.05) is 18.3 Å². The van der Waals surface area contributed by atoms with Crippen LogP contribution in [0.15, 0.2) is 12.4 Å². The van der Waals surface area contributed by atoms with Gasteiger partial charge in [-0.25, -0.2) is 0 Å². The summed E-state index contributed by atoms with van der Waals surface area (Å²) in [5.74, 6) is 0.917. The summed E-state index contributed by atoms with van der Waals surface area (Å²) in [4.78, 5) is 2.58. The molecule has 5 heteroatoms. The highest BCUT2D eigenvalue weighted by Crippen LogP contribution is 2.15. The Morgan fingerprint density at radius 2 is 2.15 bits per heavy atom. The number of piperidine rings is 1. The first kappa shape index (κ1) is 15.5. The van der Waals surface area contributed by atoms with Crippen molar-refractivity contribution in [2.24, 2.45) is 5.92 Å². The second-order valence-corrected chi connectivity index (χ2v) is 5.89. The van der Waals surface area contributed by atoms with Crippen molar-refractivity contribution in [3.05, 3.63) is 18.0 Å². The zero-order valence-electron chi connectivity index (χ0n) is 12.6. The molecule has 20 heavy (non-hydrogen) atoms. The fourth-order valence-electron chi connectivity index (χ4n) is 2.67. The molecule has 1 aliphatic heterocycles. The third kappa shape index (κ3) is 5.23. The molecule has 0 unspecified atom stereocenters. The van der Waals surface area contributed by atoms with Gasteiger partial charge < -0.3 is 15.3 Å². The lowest BCUT2D eigenvalue weighted by Gasteiger charge is -2.30. The van der Waals surface area contributed by atoms with E-state index in [4.69, 9.17) is 5.11 Å². The summed E-state index contributed by atoms with van der Waals surface area (Å²) >= 11 is 0. The fraction of sp³-hybridized carbons (Fsp3) is 0.800. The summed E-state index contributed by atoms with van der Waals surface area (Å²) in [6.45, 7) is 8.75. The Balaban J connectivity index is 1.52. The zero-order chi connectivity index (χ0) is 14.2. The lowest BCUT2D eigenvalue weighted by atomic mass is 9.99. The van der Waals surface area contributed by atoms with Gasteiger partial charge in [-0.1, -0.05) is 6.92 Å². The van der Waals surface area contributed by atoms with Crippen molar-refractivity contribution in [3.8, 4) is 0 Å². The first-order chi connectivity index (χ1) is 9.78. The standard InChI is InChI=1S/C15H28N4O/c1-14-3-7-18(8-4-14)6-2-5-16-11-15-12-17-19(13-15)9-10-20/h12-14,16,20H,2-11H2,1H3. The Morgan fingerprint density at radius 1 is 1.35 bits per heavy atom. The largest absolute Gasteiger partial charge is 0.394 e. The van der Waals surface area contributed by atoms with Gasteiger partial charge in [0.15, 0.2) is 0 Å². The van der Waals surface area contributed by atoms with Crippen LogP contribution in [0.1, 0.15) is 31.7 Å². The quantitative estimate of drug-likeness (QED) is 0.700. The van der Waals surface area contributed by atoms with Crippen molar-refractivity contribution in [2.45, 2.75) is 39.3 Å². The molecule has 0 atom stereocenters. The molecular formula is C15H28N4O. The van der Waals surface area contributed by atoms with Crippen LogP contribution in [0, 0.1) is 5.92 Å². The first-order valence-electron chi connectivity index (χ1n) is 7.83. The van der Waals surface area contributed by atoms with Crippen LogP contribution in [0.3, 0.4) is 0 Å². The van der Waals surface area contributed by atoms with Gasteiger partial charge in [0.1, 0.15) is 0 Å². The van der Waals surface area contributed by atoms with Crippen LogP contribution in [0.2, 0.25) is 0 Å². The maximum absolute atomic E-state index is 8.83. The van der Waals surface area contributed by atoms with E-state index >= 15 is 0 Å². The molecule has 114 valence electrons. The third-order valence-electron chi connectivity index (χ3n) is 4.05. The van der Waals surface area contributed by atoms with Crippen molar-refractivity contribution in [1.29, 1.82) is 0 Å². The monoisotopic (exact) mass is 280 g/mol. The van der Waals surface area contributed by atoms with E-state index in [1.807, 2.05) is 12.4 Å². The minimum absolute atomic E-state index is 0.142. The number of hydrogen-bond donors (Lipinski definition) is 2. The van der Waals surface area contributed by atoms with E-state index in [2.05, 4.69) is 22.2 Å². The maximum atomic E-state index is 8.83. The van der Waals surface area contributed by atoms with E-state index in [1.54, 1.807) is 4.68 Å². The van der Waals surface area contributed by atoms with E-state index in [-0.39, 0.29) is 6.61 Å². The second-order valence-electron chi connectivity index (χ2n) is 5.89. The van der Waals surface area contributed by atoms with Crippen molar-refractivity contribution < 1.29 is 5.11 Å². The molecule has 1 fully saturated rings. The van der Waals surface area contributed by atoms with Gasteiger partial charge in [-0.2, -0.15) is 5.10 Å². The highest BCUT2D eigenvalue weighted by atomic mass is 16.3. The number of aliphatic hydroxyl groups excluding tert-OH is 1. The highest BCUT2D eigenvalue weighted by Gasteiger charge is 2.14. The number of rotatable bonds is 8. The minimum Gasteiger partial charge on any atom is -0.394 e. The molecule has 0 bridgehead atoms. The molecule has 1 aromatic heterocycles. The Hall–Kier alpha value is -0.910. The van der Waals surface area contributed by atoms with Crippen molar-refractivity contribution in [2.75, 3.05) is 32.8 Å². The Morgan fingerprint density at radius 3 is 2.90 bits per heavy atom. The zero-order valence-corrected chi connectivity index (χ0v) is 12.6. The van der Waals surface area contributed by atoms with Crippen LogP contribution in [-0.4, -0.2) is 52.6 Å². The van der Waals surface area contributed by atoms with Crippen LogP contribution in [0.4, 0.5) is 0 Å². The summed E-state index contributed by atoms with van der Waals surface area (Å²) in [5.41, 5.74) is 1.19. The van der Waals surface area contributed by atoms with Crippen molar-refractivity contribution >= 4 is 0 Å². The lowest BCUT2D eigenvalue weighted by molar-refractivity contribution is 0.190. The van der Waals surface area contributed by atoms with Gasteiger partial charge in [-0.05, 0) is 51.4 Å². The Kier molecular flexibility index (Phi) is 6.50. The molecule has 0 aromatic carbocycles. The number of nitrogens with one attached hydrogen (secondary N) is 1. The first-order valence-corrected chi connectivity index (χ1v) is 7.83. The number of likely N-dealkylation sites (tertiary alicyclic amines) is 1. The fourth-order valence-corrected chi connectivity index (χ4v) is 2.67. The van der Waals surface area contributed by atoms with Gasteiger partial charge in [-0.15, -0.1) is 0 Å². The van der Waals surface area contributed by atoms with E-state index in [1.165, 1.54) is 44.5 Å². The average Bonchev–Trinajstić information content (AvgIpc) is 2.89. The number of aromatic nitrogens is 2. The summed E-state index contributed by atoms with van der Waals surface area (Å²) in [6.07, 6.45) is 7.79. The third-order valence-corrected chi connectivity index (χ3v) is 4.05. The number of nitrogens with zero attached hydrogens (tertiary/aromatic N) is 3. The van der Waals surface area contributed by atoms with Crippen LogP contribution < -0.4 is 5.32 Å². The molecular weight excluding hydrogens is 252 g/mol. The molecule has 2 N–H and O–H groups in total. The van der Waals surface area contributed by atoms with E-state index in [9.17, 15) is 0 Å². The average molecular weight is 280 g/mol. The normalized spacial score (nSPS) is 17.7. The molecule has 1 aliphatic rings.